The summed E-state index contributed by atoms with van der Waals surface area (Å²) in [5.74, 6) is -1.36. The number of carbonyl (C=O) groups excluding carboxylic acids is 2. The molecule has 3 amide bonds. The van der Waals surface area contributed by atoms with E-state index in [-0.39, 0.29) is 12.3 Å². The van der Waals surface area contributed by atoms with Gasteiger partial charge in [-0.1, -0.05) is 6.92 Å². The maximum absolute atomic E-state index is 11.4. The van der Waals surface area contributed by atoms with Crippen LogP contribution < -0.4 is 10.6 Å². The van der Waals surface area contributed by atoms with Crippen LogP contribution in [-0.4, -0.2) is 54.1 Å². The number of carbonyl (C=O) groups is 3. The zero-order chi connectivity index (χ0) is 13.6. The molecular formula is C10H19N3O4. The van der Waals surface area contributed by atoms with Crippen molar-refractivity contribution in [3.63, 3.8) is 0 Å². The lowest BCUT2D eigenvalue weighted by Crippen LogP contribution is -2.51. The van der Waals surface area contributed by atoms with Crippen molar-refractivity contribution in [2.45, 2.75) is 32.4 Å². The van der Waals surface area contributed by atoms with Crippen molar-refractivity contribution in [2.75, 3.05) is 14.1 Å². The highest BCUT2D eigenvalue weighted by Gasteiger charge is 2.21. The Morgan fingerprint density at radius 3 is 2.12 bits per heavy atom. The molecule has 3 N–H and O–H groups in total. The van der Waals surface area contributed by atoms with Crippen LogP contribution in [0.3, 0.4) is 0 Å². The van der Waals surface area contributed by atoms with Crippen LogP contribution >= 0.6 is 0 Å². The van der Waals surface area contributed by atoms with Crippen LogP contribution in [0.4, 0.5) is 4.79 Å². The maximum Gasteiger partial charge on any atom is 0.326 e. The van der Waals surface area contributed by atoms with Gasteiger partial charge in [-0.25, -0.2) is 9.59 Å². The third kappa shape index (κ3) is 5.19. The topological polar surface area (TPSA) is 98.7 Å². The van der Waals surface area contributed by atoms with E-state index in [1.807, 2.05) is 0 Å². The molecule has 1 unspecified atom stereocenters. The van der Waals surface area contributed by atoms with Gasteiger partial charge >= 0.3 is 12.0 Å². The molecule has 0 radical (unpaired) electrons. The highest BCUT2D eigenvalue weighted by atomic mass is 16.4. The van der Waals surface area contributed by atoms with E-state index in [1.54, 1.807) is 21.0 Å². The number of hydrogen-bond donors (Lipinski definition) is 3. The Balaban J connectivity index is 4.27. The molecule has 17 heavy (non-hydrogen) atoms. The van der Waals surface area contributed by atoms with Gasteiger partial charge in [-0.3, -0.25) is 4.79 Å². The van der Waals surface area contributed by atoms with Gasteiger partial charge in [0.15, 0.2) is 0 Å². The summed E-state index contributed by atoms with van der Waals surface area (Å²) in [6, 6.07) is -2.31. The van der Waals surface area contributed by atoms with Crippen molar-refractivity contribution >= 4 is 17.9 Å². The molecule has 0 aromatic heterocycles. The molecule has 0 saturated heterocycles. The Kier molecular flexibility index (Phi) is 6.01. The SMILES string of the molecule is CC[C@@H](NC(=O)NC(C)C(=O)N(C)C)C(=O)O. The van der Waals surface area contributed by atoms with E-state index < -0.39 is 24.1 Å². The van der Waals surface area contributed by atoms with Gasteiger partial charge in [-0.05, 0) is 13.3 Å². The van der Waals surface area contributed by atoms with Crippen molar-refractivity contribution in [3.8, 4) is 0 Å². The standard InChI is InChI=1S/C10H19N3O4/c1-5-7(9(15)16)12-10(17)11-6(2)8(14)13(3)4/h6-7H,5H2,1-4H3,(H,15,16)(H2,11,12,17)/t6?,7-/m1/s1. The van der Waals surface area contributed by atoms with Gasteiger partial charge in [0, 0.05) is 14.1 Å². The Labute approximate surface area is 100 Å². The summed E-state index contributed by atoms with van der Waals surface area (Å²) in [5, 5.41) is 13.4. The first-order valence-corrected chi connectivity index (χ1v) is 5.30. The average molecular weight is 245 g/mol. The van der Waals surface area contributed by atoms with Gasteiger partial charge in [-0.2, -0.15) is 0 Å². The van der Waals surface area contributed by atoms with Crippen LogP contribution in [0.2, 0.25) is 0 Å². The lowest BCUT2D eigenvalue weighted by molar-refractivity contribution is -0.139. The minimum Gasteiger partial charge on any atom is -0.480 e. The average Bonchev–Trinajstić information content (AvgIpc) is 2.23. The van der Waals surface area contributed by atoms with Crippen LogP contribution in [0.5, 0.6) is 0 Å². The van der Waals surface area contributed by atoms with E-state index in [0.29, 0.717) is 0 Å². The summed E-state index contributed by atoms with van der Waals surface area (Å²) < 4.78 is 0. The van der Waals surface area contributed by atoms with Gasteiger partial charge in [0.2, 0.25) is 5.91 Å². The predicted octanol–water partition coefficient (Wildman–Crippen LogP) is -0.374. The first-order valence-electron chi connectivity index (χ1n) is 5.30. The van der Waals surface area contributed by atoms with E-state index in [2.05, 4.69) is 10.6 Å². The Morgan fingerprint density at radius 1 is 1.24 bits per heavy atom. The first kappa shape index (κ1) is 15.2. The fourth-order valence-electron chi connectivity index (χ4n) is 1.18. The zero-order valence-corrected chi connectivity index (χ0v) is 10.5. The molecule has 0 bridgehead atoms. The molecule has 0 aromatic carbocycles. The molecule has 2 atom stereocenters. The molecule has 7 nitrogen and oxygen atoms in total. The largest absolute Gasteiger partial charge is 0.480 e. The number of nitrogens with one attached hydrogen (secondary N) is 2. The molecule has 0 rings (SSSR count). The van der Waals surface area contributed by atoms with Crippen molar-refractivity contribution in [2.24, 2.45) is 0 Å². The summed E-state index contributed by atoms with van der Waals surface area (Å²) in [4.78, 5) is 34.9. The summed E-state index contributed by atoms with van der Waals surface area (Å²) in [5.41, 5.74) is 0. The molecule has 0 aliphatic rings. The number of urea groups is 1. The number of likely N-dealkylation sites (N-methyl/N-ethyl adjacent to an activating group) is 1. The van der Waals surface area contributed by atoms with Crippen LogP contribution in [0.25, 0.3) is 0 Å². The Bertz CT molecular complexity index is 304. The van der Waals surface area contributed by atoms with Gasteiger partial charge in [0.05, 0.1) is 0 Å². The number of aliphatic carboxylic acids is 1. The summed E-state index contributed by atoms with van der Waals surface area (Å²) in [6.45, 7) is 3.18. The molecule has 0 spiro atoms. The van der Waals surface area contributed by atoms with Crippen molar-refractivity contribution in [3.05, 3.63) is 0 Å². The smallest absolute Gasteiger partial charge is 0.326 e. The fraction of sp³-hybridized carbons (Fsp3) is 0.700. The van der Waals surface area contributed by atoms with E-state index in [1.165, 1.54) is 11.8 Å². The number of nitrogens with zero attached hydrogens (tertiary/aromatic N) is 1. The predicted molar refractivity (Wildman–Crippen MR) is 61.5 cm³/mol. The summed E-state index contributed by atoms with van der Waals surface area (Å²) >= 11 is 0. The molecule has 0 aromatic rings. The Morgan fingerprint density at radius 2 is 1.76 bits per heavy atom. The lowest BCUT2D eigenvalue weighted by atomic mass is 10.2. The molecule has 7 heteroatoms. The van der Waals surface area contributed by atoms with E-state index in [0.717, 1.165) is 0 Å². The van der Waals surface area contributed by atoms with Crippen molar-refractivity contribution in [1.29, 1.82) is 0 Å². The molecule has 0 aliphatic carbocycles. The second kappa shape index (κ2) is 6.72. The van der Waals surface area contributed by atoms with Crippen LogP contribution in [0.1, 0.15) is 20.3 Å². The van der Waals surface area contributed by atoms with Crippen molar-refractivity contribution in [1.82, 2.24) is 15.5 Å². The van der Waals surface area contributed by atoms with Crippen LogP contribution in [0.15, 0.2) is 0 Å². The summed E-state index contributed by atoms with van der Waals surface area (Å²) in [7, 11) is 3.15. The maximum atomic E-state index is 11.4. The highest BCUT2D eigenvalue weighted by molar-refractivity contribution is 5.88. The van der Waals surface area contributed by atoms with E-state index in [9.17, 15) is 14.4 Å². The number of rotatable bonds is 5. The van der Waals surface area contributed by atoms with E-state index >= 15 is 0 Å². The second-order valence-corrected chi connectivity index (χ2v) is 3.87. The monoisotopic (exact) mass is 245 g/mol. The van der Waals surface area contributed by atoms with Crippen molar-refractivity contribution < 1.29 is 19.5 Å². The molecular weight excluding hydrogens is 226 g/mol. The van der Waals surface area contributed by atoms with Gasteiger partial charge in [0.1, 0.15) is 12.1 Å². The second-order valence-electron chi connectivity index (χ2n) is 3.87. The molecule has 0 saturated carbocycles. The number of amides is 3. The summed E-state index contributed by atoms with van der Waals surface area (Å²) in [6.07, 6.45) is 0.277. The van der Waals surface area contributed by atoms with Crippen LogP contribution in [0, 0.1) is 0 Å². The van der Waals surface area contributed by atoms with Crippen LogP contribution in [-0.2, 0) is 9.59 Å². The normalized spacial score (nSPS) is 13.4. The van der Waals surface area contributed by atoms with Gasteiger partial charge in [-0.15, -0.1) is 0 Å². The lowest BCUT2D eigenvalue weighted by Gasteiger charge is -2.19. The van der Waals surface area contributed by atoms with Gasteiger partial charge < -0.3 is 20.6 Å². The quantitative estimate of drug-likeness (QED) is 0.615. The first-order chi connectivity index (χ1) is 7.79. The third-order valence-corrected chi connectivity index (χ3v) is 2.17. The number of carboxylic acid groups (broad SMARTS) is 1. The molecule has 0 aliphatic heterocycles. The molecule has 0 fully saturated rings. The number of hydrogen-bond acceptors (Lipinski definition) is 3. The highest BCUT2D eigenvalue weighted by Crippen LogP contribution is 1.92. The number of carboxylic acids is 1. The van der Waals surface area contributed by atoms with E-state index in [4.69, 9.17) is 5.11 Å². The fourth-order valence-corrected chi connectivity index (χ4v) is 1.18. The zero-order valence-electron chi connectivity index (χ0n) is 10.5. The third-order valence-electron chi connectivity index (χ3n) is 2.17. The minimum atomic E-state index is -1.10. The Hall–Kier alpha value is -1.79. The van der Waals surface area contributed by atoms with Gasteiger partial charge in [0.25, 0.3) is 0 Å². The molecule has 0 heterocycles. The minimum absolute atomic E-state index is 0.261. The molecule has 98 valence electrons.